The summed E-state index contributed by atoms with van der Waals surface area (Å²) in [6, 6.07) is 17.6. The molecule has 92 valence electrons. The molecule has 0 aliphatic carbocycles. The first-order valence-corrected chi connectivity index (χ1v) is 6.14. The molecule has 2 heteroatoms. The summed E-state index contributed by atoms with van der Waals surface area (Å²) in [6.45, 7) is 0. The summed E-state index contributed by atoms with van der Waals surface area (Å²) >= 11 is 0. The fourth-order valence-corrected chi connectivity index (χ4v) is 1.95. The van der Waals surface area contributed by atoms with Gasteiger partial charge in [-0.25, -0.2) is 0 Å². The molecular weight excluding hydrogens is 222 g/mol. The fourth-order valence-electron chi connectivity index (χ4n) is 1.95. The Labute approximate surface area is 107 Å². The number of anilines is 1. The molecule has 2 aromatic rings. The van der Waals surface area contributed by atoms with Crippen LogP contribution in [0.25, 0.3) is 0 Å². The van der Waals surface area contributed by atoms with E-state index in [1.165, 1.54) is 5.56 Å². The molecule has 18 heavy (non-hydrogen) atoms. The summed E-state index contributed by atoms with van der Waals surface area (Å²) in [5.41, 5.74) is 8.60. The second-order valence-electron chi connectivity index (χ2n) is 4.45. The Morgan fingerprint density at radius 2 is 1.67 bits per heavy atom. The summed E-state index contributed by atoms with van der Waals surface area (Å²) in [5.74, 6) is 0.254. The SMILES string of the molecule is Nc1cccc(CC(=O)CCc2ccccc2)c1. The van der Waals surface area contributed by atoms with E-state index in [1.54, 1.807) is 0 Å². The second kappa shape index (κ2) is 6.01. The Hall–Kier alpha value is -2.09. The molecule has 0 aliphatic heterocycles. The molecule has 2 N–H and O–H groups in total. The van der Waals surface area contributed by atoms with Crippen LogP contribution < -0.4 is 5.73 Å². The number of carbonyl (C=O) groups is 1. The predicted molar refractivity (Wildman–Crippen MR) is 74.3 cm³/mol. The first-order chi connectivity index (χ1) is 8.74. The van der Waals surface area contributed by atoms with Crippen molar-refractivity contribution in [3.8, 4) is 0 Å². The molecule has 0 saturated heterocycles. The lowest BCUT2D eigenvalue weighted by molar-refractivity contribution is -0.118. The molecule has 0 aromatic heterocycles. The molecule has 0 heterocycles. The summed E-state index contributed by atoms with van der Waals surface area (Å²) < 4.78 is 0. The zero-order valence-corrected chi connectivity index (χ0v) is 10.3. The molecule has 0 aliphatic rings. The number of nitrogens with two attached hydrogens (primary N) is 1. The van der Waals surface area contributed by atoms with Gasteiger partial charge < -0.3 is 5.73 Å². The van der Waals surface area contributed by atoms with E-state index in [-0.39, 0.29) is 5.78 Å². The Morgan fingerprint density at radius 3 is 2.39 bits per heavy atom. The van der Waals surface area contributed by atoms with Crippen LogP contribution in [0.1, 0.15) is 17.5 Å². The number of rotatable bonds is 5. The van der Waals surface area contributed by atoms with Crippen LogP contribution in [0.4, 0.5) is 5.69 Å². The van der Waals surface area contributed by atoms with Crippen LogP contribution in [0.2, 0.25) is 0 Å². The van der Waals surface area contributed by atoms with E-state index in [4.69, 9.17) is 5.73 Å². The number of nitrogen functional groups attached to an aromatic ring is 1. The number of hydrogen-bond donors (Lipinski definition) is 1. The van der Waals surface area contributed by atoms with E-state index < -0.39 is 0 Å². The van der Waals surface area contributed by atoms with Crippen LogP contribution in [0.5, 0.6) is 0 Å². The third-order valence-electron chi connectivity index (χ3n) is 2.89. The highest BCUT2D eigenvalue weighted by Gasteiger charge is 2.04. The van der Waals surface area contributed by atoms with Gasteiger partial charge in [-0.1, -0.05) is 42.5 Å². The van der Waals surface area contributed by atoms with Gasteiger partial charge in [0.05, 0.1) is 0 Å². The standard InChI is InChI=1S/C16H17NO/c17-15-8-4-7-14(11-15)12-16(18)10-9-13-5-2-1-3-6-13/h1-8,11H,9-10,12,17H2. The van der Waals surface area contributed by atoms with Gasteiger partial charge in [-0.05, 0) is 29.7 Å². The summed E-state index contributed by atoms with van der Waals surface area (Å²) in [7, 11) is 0. The van der Waals surface area contributed by atoms with E-state index in [0.717, 1.165) is 12.0 Å². The molecule has 0 saturated carbocycles. The molecule has 0 unspecified atom stereocenters. The minimum absolute atomic E-state index is 0.254. The highest BCUT2D eigenvalue weighted by Crippen LogP contribution is 2.10. The van der Waals surface area contributed by atoms with E-state index in [1.807, 2.05) is 54.6 Å². The normalized spacial score (nSPS) is 10.2. The van der Waals surface area contributed by atoms with Crippen LogP contribution in [0, 0.1) is 0 Å². The fraction of sp³-hybridized carbons (Fsp3) is 0.188. The molecule has 0 radical (unpaired) electrons. The van der Waals surface area contributed by atoms with Gasteiger partial charge in [0.2, 0.25) is 0 Å². The smallest absolute Gasteiger partial charge is 0.137 e. The number of Topliss-reactive ketones (excluding diaryl/α,β-unsaturated/α-hetero) is 1. The zero-order chi connectivity index (χ0) is 12.8. The molecular formula is C16H17NO. The van der Waals surface area contributed by atoms with Crippen LogP contribution in [-0.4, -0.2) is 5.78 Å². The predicted octanol–water partition coefficient (Wildman–Crippen LogP) is 3.01. The van der Waals surface area contributed by atoms with Gasteiger partial charge in [-0.3, -0.25) is 4.79 Å². The van der Waals surface area contributed by atoms with Crippen molar-refractivity contribution >= 4 is 11.5 Å². The van der Waals surface area contributed by atoms with Crippen molar-refractivity contribution < 1.29 is 4.79 Å². The topological polar surface area (TPSA) is 43.1 Å². The van der Waals surface area contributed by atoms with Gasteiger partial charge >= 0.3 is 0 Å². The Kier molecular flexibility index (Phi) is 4.13. The van der Waals surface area contributed by atoms with Gasteiger partial charge in [0.25, 0.3) is 0 Å². The van der Waals surface area contributed by atoms with Crippen molar-refractivity contribution in [3.05, 3.63) is 65.7 Å². The van der Waals surface area contributed by atoms with Crippen LogP contribution in [-0.2, 0) is 17.6 Å². The second-order valence-corrected chi connectivity index (χ2v) is 4.45. The van der Waals surface area contributed by atoms with Gasteiger partial charge in [0.1, 0.15) is 5.78 Å². The van der Waals surface area contributed by atoms with Crippen molar-refractivity contribution in [1.82, 2.24) is 0 Å². The number of hydrogen-bond acceptors (Lipinski definition) is 2. The first kappa shape index (κ1) is 12.4. The molecule has 0 fully saturated rings. The van der Waals surface area contributed by atoms with Crippen molar-refractivity contribution in [1.29, 1.82) is 0 Å². The number of benzene rings is 2. The van der Waals surface area contributed by atoms with Crippen molar-refractivity contribution in [3.63, 3.8) is 0 Å². The van der Waals surface area contributed by atoms with Crippen LogP contribution in [0.3, 0.4) is 0 Å². The van der Waals surface area contributed by atoms with Gasteiger partial charge in [0.15, 0.2) is 0 Å². The Morgan fingerprint density at radius 1 is 0.944 bits per heavy atom. The highest BCUT2D eigenvalue weighted by atomic mass is 16.1. The minimum Gasteiger partial charge on any atom is -0.399 e. The molecule has 0 amide bonds. The number of aryl methyl sites for hydroxylation is 1. The summed E-state index contributed by atoms with van der Waals surface area (Å²) in [4.78, 5) is 11.9. The van der Waals surface area contributed by atoms with E-state index in [2.05, 4.69) is 0 Å². The van der Waals surface area contributed by atoms with Gasteiger partial charge in [0, 0.05) is 18.5 Å². The molecule has 0 bridgehead atoms. The summed E-state index contributed by atoms with van der Waals surface area (Å²) in [5, 5.41) is 0. The lowest BCUT2D eigenvalue weighted by Crippen LogP contribution is -2.04. The molecule has 0 atom stereocenters. The Balaban J connectivity index is 1.86. The van der Waals surface area contributed by atoms with Crippen molar-refractivity contribution in [2.24, 2.45) is 0 Å². The molecule has 2 rings (SSSR count). The van der Waals surface area contributed by atoms with Crippen LogP contribution in [0.15, 0.2) is 54.6 Å². The average molecular weight is 239 g/mol. The molecule has 0 spiro atoms. The Bertz CT molecular complexity index is 520. The number of ketones is 1. The van der Waals surface area contributed by atoms with Gasteiger partial charge in [-0.15, -0.1) is 0 Å². The first-order valence-electron chi connectivity index (χ1n) is 6.14. The summed E-state index contributed by atoms with van der Waals surface area (Å²) in [6.07, 6.45) is 1.86. The van der Waals surface area contributed by atoms with Crippen molar-refractivity contribution in [2.75, 3.05) is 5.73 Å². The number of carbonyl (C=O) groups excluding carboxylic acids is 1. The third-order valence-corrected chi connectivity index (χ3v) is 2.89. The molecule has 2 aromatic carbocycles. The minimum atomic E-state index is 0.254. The van der Waals surface area contributed by atoms with Gasteiger partial charge in [-0.2, -0.15) is 0 Å². The maximum atomic E-state index is 11.9. The van der Waals surface area contributed by atoms with E-state index >= 15 is 0 Å². The van der Waals surface area contributed by atoms with E-state index in [9.17, 15) is 4.79 Å². The quantitative estimate of drug-likeness (QED) is 0.815. The maximum Gasteiger partial charge on any atom is 0.137 e. The monoisotopic (exact) mass is 239 g/mol. The van der Waals surface area contributed by atoms with Crippen LogP contribution >= 0.6 is 0 Å². The molecule has 2 nitrogen and oxygen atoms in total. The zero-order valence-electron chi connectivity index (χ0n) is 10.3. The largest absolute Gasteiger partial charge is 0.399 e. The maximum absolute atomic E-state index is 11.9. The third kappa shape index (κ3) is 3.74. The lowest BCUT2D eigenvalue weighted by atomic mass is 10.0. The van der Waals surface area contributed by atoms with Crippen molar-refractivity contribution in [2.45, 2.75) is 19.3 Å². The lowest BCUT2D eigenvalue weighted by Gasteiger charge is -2.03. The van der Waals surface area contributed by atoms with E-state index in [0.29, 0.717) is 18.5 Å². The average Bonchev–Trinajstić information content (AvgIpc) is 2.38. The highest BCUT2D eigenvalue weighted by molar-refractivity contribution is 5.81.